The predicted octanol–water partition coefficient (Wildman–Crippen LogP) is 3.56. The number of hydrogen-bond donors (Lipinski definition) is 1. The highest BCUT2D eigenvalue weighted by atomic mass is 16.5. The molecule has 0 saturated carbocycles. The summed E-state index contributed by atoms with van der Waals surface area (Å²) in [7, 11) is 3.39. The number of nitrogens with two attached hydrogens (primary N) is 1. The molecule has 0 bridgehead atoms. The Hall–Kier alpha value is -2.08. The van der Waals surface area contributed by atoms with Gasteiger partial charge in [0.1, 0.15) is 0 Å². The van der Waals surface area contributed by atoms with Gasteiger partial charge in [0.2, 0.25) is 0 Å². The zero-order chi connectivity index (χ0) is 20.2. The van der Waals surface area contributed by atoms with E-state index in [1.165, 1.54) is 11.1 Å². The van der Waals surface area contributed by atoms with Crippen LogP contribution < -0.4 is 15.2 Å². The van der Waals surface area contributed by atoms with Crippen LogP contribution in [0.4, 0.5) is 0 Å². The Bertz CT molecular complexity index is 803. The molecule has 5 nitrogen and oxygen atoms in total. The number of piperidine rings is 1. The molecule has 0 aliphatic carbocycles. The lowest BCUT2D eigenvalue weighted by atomic mass is 9.83. The molecule has 2 N–H and O–H groups in total. The molecule has 2 heterocycles. The lowest BCUT2D eigenvalue weighted by Crippen LogP contribution is -2.42. The highest BCUT2D eigenvalue weighted by molar-refractivity contribution is 5.52. The molecule has 0 unspecified atom stereocenters. The molecule has 1 saturated heterocycles. The van der Waals surface area contributed by atoms with Crippen LogP contribution in [0.5, 0.6) is 11.5 Å². The Morgan fingerprint density at radius 3 is 2.45 bits per heavy atom. The first kappa shape index (κ1) is 20.2. The fourth-order valence-corrected chi connectivity index (χ4v) is 4.84. The predicted molar refractivity (Wildman–Crippen MR) is 114 cm³/mol. The Morgan fingerprint density at radius 1 is 1.03 bits per heavy atom. The average molecular weight is 397 g/mol. The molecule has 1 fully saturated rings. The molecule has 29 heavy (non-hydrogen) atoms. The van der Waals surface area contributed by atoms with Crippen LogP contribution in [0.15, 0.2) is 42.5 Å². The van der Waals surface area contributed by atoms with Gasteiger partial charge in [-0.2, -0.15) is 0 Å². The van der Waals surface area contributed by atoms with Gasteiger partial charge in [-0.05, 0) is 49.0 Å². The van der Waals surface area contributed by atoms with Gasteiger partial charge in [0, 0.05) is 25.1 Å². The van der Waals surface area contributed by atoms with Gasteiger partial charge in [-0.25, -0.2) is 0 Å². The minimum absolute atomic E-state index is 0.0779. The van der Waals surface area contributed by atoms with Crippen molar-refractivity contribution in [1.29, 1.82) is 0 Å². The normalized spacial score (nSPS) is 22.9. The van der Waals surface area contributed by atoms with E-state index >= 15 is 0 Å². The van der Waals surface area contributed by atoms with Crippen molar-refractivity contribution in [2.24, 2.45) is 11.7 Å². The standard InChI is InChI=1S/C24H32N2O3/c1-27-21-9-8-19-20(24(21)28-2)14-22(29-23(19)15-25)18-10-12-26(13-11-18)16-17-6-4-3-5-7-17/h3-9,18,22-23H,10-16,25H2,1-2H3/t22-,23-/m1/s1. The van der Waals surface area contributed by atoms with Crippen LogP contribution in [0.25, 0.3) is 0 Å². The van der Waals surface area contributed by atoms with E-state index in [0.29, 0.717) is 12.5 Å². The van der Waals surface area contributed by atoms with E-state index in [4.69, 9.17) is 19.9 Å². The summed E-state index contributed by atoms with van der Waals surface area (Å²) >= 11 is 0. The van der Waals surface area contributed by atoms with E-state index in [-0.39, 0.29) is 12.2 Å². The smallest absolute Gasteiger partial charge is 0.164 e. The third-order valence-corrected chi connectivity index (χ3v) is 6.40. The van der Waals surface area contributed by atoms with Crippen molar-refractivity contribution in [1.82, 2.24) is 4.90 Å². The fourth-order valence-electron chi connectivity index (χ4n) is 4.84. The number of fused-ring (bicyclic) bond motifs is 1. The Labute approximate surface area is 173 Å². The van der Waals surface area contributed by atoms with Gasteiger partial charge in [0.25, 0.3) is 0 Å². The molecule has 0 aromatic heterocycles. The fraction of sp³-hybridized carbons (Fsp3) is 0.500. The van der Waals surface area contributed by atoms with Gasteiger partial charge in [0.15, 0.2) is 11.5 Å². The van der Waals surface area contributed by atoms with Crippen LogP contribution in [0.3, 0.4) is 0 Å². The number of hydrogen-bond acceptors (Lipinski definition) is 5. The van der Waals surface area contributed by atoms with Crippen molar-refractivity contribution in [2.75, 3.05) is 33.9 Å². The molecule has 4 rings (SSSR count). The Morgan fingerprint density at radius 2 is 1.79 bits per heavy atom. The molecular weight excluding hydrogens is 364 g/mol. The lowest BCUT2D eigenvalue weighted by Gasteiger charge is -2.40. The van der Waals surface area contributed by atoms with E-state index in [2.05, 4.69) is 41.3 Å². The summed E-state index contributed by atoms with van der Waals surface area (Å²) in [4.78, 5) is 2.55. The van der Waals surface area contributed by atoms with E-state index in [1.807, 2.05) is 6.07 Å². The highest BCUT2D eigenvalue weighted by Gasteiger charge is 2.36. The van der Waals surface area contributed by atoms with Crippen molar-refractivity contribution < 1.29 is 14.2 Å². The van der Waals surface area contributed by atoms with Crippen molar-refractivity contribution in [3.8, 4) is 11.5 Å². The van der Waals surface area contributed by atoms with Crippen LogP contribution in [0, 0.1) is 5.92 Å². The van der Waals surface area contributed by atoms with Crippen LogP contribution >= 0.6 is 0 Å². The monoisotopic (exact) mass is 396 g/mol. The third kappa shape index (κ3) is 4.27. The maximum absolute atomic E-state index is 6.49. The summed E-state index contributed by atoms with van der Waals surface area (Å²) in [5.74, 6) is 2.15. The summed E-state index contributed by atoms with van der Waals surface area (Å²) in [6, 6.07) is 14.7. The molecule has 2 atom stereocenters. The topological polar surface area (TPSA) is 57.0 Å². The van der Waals surface area contributed by atoms with Gasteiger partial charge in [0.05, 0.1) is 26.4 Å². The quantitative estimate of drug-likeness (QED) is 0.809. The maximum Gasteiger partial charge on any atom is 0.164 e. The molecule has 2 aliphatic heterocycles. The first-order valence-corrected chi connectivity index (χ1v) is 10.6. The Balaban J connectivity index is 1.45. The first-order valence-electron chi connectivity index (χ1n) is 10.6. The summed E-state index contributed by atoms with van der Waals surface area (Å²) < 4.78 is 17.7. The van der Waals surface area contributed by atoms with Crippen molar-refractivity contribution in [3.05, 3.63) is 59.2 Å². The van der Waals surface area contributed by atoms with E-state index in [9.17, 15) is 0 Å². The zero-order valence-electron chi connectivity index (χ0n) is 17.5. The van der Waals surface area contributed by atoms with E-state index < -0.39 is 0 Å². The second-order valence-electron chi connectivity index (χ2n) is 8.07. The molecule has 5 heteroatoms. The summed E-state index contributed by atoms with van der Waals surface area (Å²) in [5, 5.41) is 0. The maximum atomic E-state index is 6.49. The zero-order valence-corrected chi connectivity index (χ0v) is 17.5. The molecular formula is C24H32N2O3. The average Bonchev–Trinajstić information content (AvgIpc) is 2.78. The van der Waals surface area contributed by atoms with Gasteiger partial charge in [-0.1, -0.05) is 36.4 Å². The summed E-state index contributed by atoms with van der Waals surface area (Å²) in [6.45, 7) is 3.72. The van der Waals surface area contributed by atoms with Gasteiger partial charge in [-0.15, -0.1) is 0 Å². The van der Waals surface area contributed by atoms with E-state index in [1.54, 1.807) is 14.2 Å². The number of benzene rings is 2. The summed E-state index contributed by atoms with van der Waals surface area (Å²) in [5.41, 5.74) is 9.80. The van der Waals surface area contributed by atoms with Gasteiger partial charge < -0.3 is 19.9 Å². The van der Waals surface area contributed by atoms with Gasteiger partial charge in [-0.3, -0.25) is 4.90 Å². The van der Waals surface area contributed by atoms with E-state index in [0.717, 1.165) is 56.0 Å². The van der Waals surface area contributed by atoms with Crippen molar-refractivity contribution in [2.45, 2.75) is 38.0 Å². The van der Waals surface area contributed by atoms with Crippen LogP contribution in [0.1, 0.15) is 35.6 Å². The molecule has 2 aliphatic rings. The second kappa shape index (κ2) is 9.16. The molecule has 2 aromatic carbocycles. The first-order chi connectivity index (χ1) is 14.2. The lowest BCUT2D eigenvalue weighted by molar-refractivity contribution is -0.0651. The van der Waals surface area contributed by atoms with Gasteiger partial charge >= 0.3 is 0 Å². The molecule has 0 spiro atoms. The van der Waals surface area contributed by atoms with Crippen molar-refractivity contribution >= 4 is 0 Å². The van der Waals surface area contributed by atoms with Crippen LogP contribution in [-0.4, -0.2) is 44.9 Å². The summed E-state index contributed by atoms with van der Waals surface area (Å²) in [6.07, 6.45) is 3.25. The second-order valence-corrected chi connectivity index (χ2v) is 8.07. The number of rotatable bonds is 6. The minimum Gasteiger partial charge on any atom is -0.493 e. The number of nitrogens with zero attached hydrogens (tertiary/aromatic N) is 1. The molecule has 0 radical (unpaired) electrons. The number of ether oxygens (including phenoxy) is 3. The van der Waals surface area contributed by atoms with Crippen LogP contribution in [-0.2, 0) is 17.7 Å². The molecule has 2 aromatic rings. The largest absolute Gasteiger partial charge is 0.493 e. The highest BCUT2D eigenvalue weighted by Crippen LogP contribution is 2.43. The number of methoxy groups -OCH3 is 2. The third-order valence-electron chi connectivity index (χ3n) is 6.40. The SMILES string of the molecule is COc1ccc2c(c1OC)C[C@H](C1CCN(Cc3ccccc3)CC1)O[C@@H]2CN. The molecule has 156 valence electrons. The number of likely N-dealkylation sites (tertiary alicyclic amines) is 1. The minimum atomic E-state index is -0.0779. The Kier molecular flexibility index (Phi) is 6.38. The van der Waals surface area contributed by atoms with Crippen LogP contribution in [0.2, 0.25) is 0 Å². The molecule has 0 amide bonds. The van der Waals surface area contributed by atoms with Crippen molar-refractivity contribution in [3.63, 3.8) is 0 Å².